The van der Waals surface area contributed by atoms with Crippen molar-refractivity contribution in [3.8, 4) is 0 Å². The highest BCUT2D eigenvalue weighted by Crippen LogP contribution is 2.26. The first-order valence-corrected chi connectivity index (χ1v) is 8.42. The molecule has 26 heavy (non-hydrogen) atoms. The highest BCUT2D eigenvalue weighted by molar-refractivity contribution is 5.83. The van der Waals surface area contributed by atoms with Gasteiger partial charge in [0.15, 0.2) is 0 Å². The van der Waals surface area contributed by atoms with Crippen LogP contribution in [0.15, 0.2) is 60.9 Å². The molecular formula is C20H20N6. The lowest BCUT2D eigenvalue weighted by Crippen LogP contribution is -2.12. The van der Waals surface area contributed by atoms with E-state index in [4.69, 9.17) is 0 Å². The van der Waals surface area contributed by atoms with E-state index >= 15 is 0 Å². The van der Waals surface area contributed by atoms with E-state index < -0.39 is 0 Å². The molecule has 2 heterocycles. The summed E-state index contributed by atoms with van der Waals surface area (Å²) in [5.41, 5.74) is 4.15. The number of hydrogen-bond acceptors (Lipinski definition) is 5. The average molecular weight is 344 g/mol. The van der Waals surface area contributed by atoms with Gasteiger partial charge in [0.2, 0.25) is 5.95 Å². The number of rotatable bonds is 4. The number of nitrogens with one attached hydrogen (secondary N) is 1. The third kappa shape index (κ3) is 3.21. The fourth-order valence-electron chi connectivity index (χ4n) is 2.92. The van der Waals surface area contributed by atoms with Gasteiger partial charge in [-0.1, -0.05) is 12.1 Å². The first-order chi connectivity index (χ1) is 12.6. The Balaban J connectivity index is 1.61. The summed E-state index contributed by atoms with van der Waals surface area (Å²) in [6.07, 6.45) is 3.77. The van der Waals surface area contributed by atoms with E-state index in [9.17, 15) is 0 Å². The quantitative estimate of drug-likeness (QED) is 0.602. The minimum atomic E-state index is 0.568. The second-order valence-corrected chi connectivity index (χ2v) is 6.34. The minimum Gasteiger partial charge on any atom is -0.329 e. The minimum absolute atomic E-state index is 0.568. The van der Waals surface area contributed by atoms with Gasteiger partial charge in [0.25, 0.3) is 0 Å². The van der Waals surface area contributed by atoms with Crippen molar-refractivity contribution in [3.05, 3.63) is 66.5 Å². The summed E-state index contributed by atoms with van der Waals surface area (Å²) in [4.78, 5) is 11.0. The predicted molar refractivity (Wildman–Crippen MR) is 105 cm³/mol. The summed E-state index contributed by atoms with van der Waals surface area (Å²) in [5, 5.41) is 8.86. The molecule has 0 radical (unpaired) electrons. The number of fused-ring (bicyclic) bond motifs is 1. The maximum atomic E-state index is 4.64. The van der Waals surface area contributed by atoms with E-state index in [1.165, 1.54) is 5.56 Å². The first kappa shape index (κ1) is 16.1. The molecule has 1 N–H and O–H groups in total. The fourth-order valence-corrected chi connectivity index (χ4v) is 2.92. The lowest BCUT2D eigenvalue weighted by atomic mass is 10.2. The van der Waals surface area contributed by atoms with Crippen LogP contribution in [0, 0.1) is 6.92 Å². The second-order valence-electron chi connectivity index (χ2n) is 6.34. The van der Waals surface area contributed by atoms with E-state index in [0.29, 0.717) is 5.95 Å². The van der Waals surface area contributed by atoms with Gasteiger partial charge in [-0.05, 0) is 48.9 Å². The molecule has 2 aromatic carbocycles. The molecule has 130 valence electrons. The smallest absolute Gasteiger partial charge is 0.229 e. The fraction of sp³-hybridized carbons (Fsp3) is 0.150. The van der Waals surface area contributed by atoms with Gasteiger partial charge < -0.3 is 10.2 Å². The lowest BCUT2D eigenvalue weighted by Gasteiger charge is -2.18. The Labute approximate surface area is 152 Å². The summed E-state index contributed by atoms with van der Waals surface area (Å²) < 4.78 is 1.82. The Morgan fingerprint density at radius 1 is 1.08 bits per heavy atom. The summed E-state index contributed by atoms with van der Waals surface area (Å²) in [5.74, 6) is 1.38. The molecule has 0 aliphatic heterocycles. The molecule has 0 atom stereocenters. The molecular weight excluding hydrogens is 324 g/mol. The maximum absolute atomic E-state index is 4.64. The SMILES string of the molecule is Cc1cccc(Nc2nccc(N(C)c3ccc4cn(C)nc4c3)n2)c1. The topological polar surface area (TPSA) is 58.9 Å². The monoisotopic (exact) mass is 344 g/mol. The van der Waals surface area contributed by atoms with Crippen molar-refractivity contribution < 1.29 is 0 Å². The van der Waals surface area contributed by atoms with Crippen LogP contribution in [0.1, 0.15) is 5.56 Å². The summed E-state index contributed by atoms with van der Waals surface area (Å²) in [7, 11) is 3.92. The zero-order valence-electron chi connectivity index (χ0n) is 15.0. The number of aryl methyl sites for hydroxylation is 2. The Kier molecular flexibility index (Phi) is 4.01. The van der Waals surface area contributed by atoms with Gasteiger partial charge in [0, 0.05) is 43.3 Å². The number of benzene rings is 2. The molecule has 0 unspecified atom stereocenters. The number of anilines is 4. The molecule has 0 saturated heterocycles. The summed E-state index contributed by atoms with van der Waals surface area (Å²) >= 11 is 0. The van der Waals surface area contributed by atoms with Gasteiger partial charge in [0.1, 0.15) is 5.82 Å². The third-order valence-corrected chi connectivity index (χ3v) is 4.25. The third-order valence-electron chi connectivity index (χ3n) is 4.25. The molecule has 0 spiro atoms. The van der Waals surface area contributed by atoms with Crippen molar-refractivity contribution in [3.63, 3.8) is 0 Å². The van der Waals surface area contributed by atoms with E-state index in [2.05, 4.69) is 57.6 Å². The number of aromatic nitrogens is 4. The lowest BCUT2D eigenvalue weighted by molar-refractivity contribution is 0.780. The normalized spacial score (nSPS) is 10.9. The van der Waals surface area contributed by atoms with Crippen LogP contribution < -0.4 is 10.2 Å². The number of hydrogen-bond donors (Lipinski definition) is 1. The van der Waals surface area contributed by atoms with Crippen molar-refractivity contribution in [2.75, 3.05) is 17.3 Å². The zero-order valence-corrected chi connectivity index (χ0v) is 15.0. The van der Waals surface area contributed by atoms with Crippen LogP contribution in [0.25, 0.3) is 10.9 Å². The molecule has 0 aliphatic carbocycles. The molecule has 0 bridgehead atoms. The van der Waals surface area contributed by atoms with Gasteiger partial charge in [0.05, 0.1) is 5.52 Å². The Bertz CT molecular complexity index is 1070. The molecule has 4 rings (SSSR count). The van der Waals surface area contributed by atoms with Gasteiger partial charge in [-0.15, -0.1) is 0 Å². The van der Waals surface area contributed by atoms with Crippen molar-refractivity contribution in [2.45, 2.75) is 6.92 Å². The van der Waals surface area contributed by atoms with E-state index in [-0.39, 0.29) is 0 Å². The van der Waals surface area contributed by atoms with Gasteiger partial charge in [-0.25, -0.2) is 4.98 Å². The van der Waals surface area contributed by atoms with Gasteiger partial charge in [-0.3, -0.25) is 4.68 Å². The number of nitrogens with zero attached hydrogens (tertiary/aromatic N) is 5. The van der Waals surface area contributed by atoms with Crippen LogP contribution in [-0.4, -0.2) is 26.8 Å². The van der Waals surface area contributed by atoms with Crippen LogP contribution in [0.2, 0.25) is 0 Å². The molecule has 0 fully saturated rings. The van der Waals surface area contributed by atoms with Crippen LogP contribution in [-0.2, 0) is 7.05 Å². The van der Waals surface area contributed by atoms with Crippen molar-refractivity contribution in [2.24, 2.45) is 7.05 Å². The Morgan fingerprint density at radius 2 is 1.96 bits per heavy atom. The average Bonchev–Trinajstić information content (AvgIpc) is 3.00. The molecule has 0 aliphatic rings. The molecule has 6 nitrogen and oxygen atoms in total. The molecule has 4 aromatic rings. The van der Waals surface area contributed by atoms with Gasteiger partial charge in [-0.2, -0.15) is 10.1 Å². The highest BCUT2D eigenvalue weighted by Gasteiger charge is 2.09. The molecule has 0 amide bonds. The predicted octanol–water partition coefficient (Wildman–Crippen LogP) is 4.18. The van der Waals surface area contributed by atoms with E-state index in [1.54, 1.807) is 6.20 Å². The van der Waals surface area contributed by atoms with Crippen LogP contribution >= 0.6 is 0 Å². The van der Waals surface area contributed by atoms with Crippen LogP contribution in [0.5, 0.6) is 0 Å². The zero-order chi connectivity index (χ0) is 18.1. The standard InChI is InChI=1S/C20H20N6/c1-14-5-4-6-16(11-14)22-20-21-10-9-19(23-20)26(3)17-8-7-15-13-25(2)24-18(15)12-17/h4-13H,1-3H3,(H,21,22,23). The molecule has 0 saturated carbocycles. The van der Waals surface area contributed by atoms with Crippen molar-refractivity contribution >= 4 is 34.0 Å². The Morgan fingerprint density at radius 3 is 2.81 bits per heavy atom. The largest absolute Gasteiger partial charge is 0.329 e. The first-order valence-electron chi connectivity index (χ1n) is 8.42. The molecule has 6 heteroatoms. The van der Waals surface area contributed by atoms with Crippen molar-refractivity contribution in [1.29, 1.82) is 0 Å². The Hall–Kier alpha value is -3.41. The molecule has 2 aromatic heterocycles. The van der Waals surface area contributed by atoms with Crippen LogP contribution in [0.3, 0.4) is 0 Å². The van der Waals surface area contributed by atoms with Gasteiger partial charge >= 0.3 is 0 Å². The van der Waals surface area contributed by atoms with Crippen molar-refractivity contribution in [1.82, 2.24) is 19.7 Å². The summed E-state index contributed by atoms with van der Waals surface area (Å²) in [6.45, 7) is 2.06. The summed E-state index contributed by atoms with van der Waals surface area (Å²) in [6, 6.07) is 16.2. The van der Waals surface area contributed by atoms with E-state index in [1.807, 2.05) is 48.1 Å². The highest BCUT2D eigenvalue weighted by atomic mass is 15.2. The van der Waals surface area contributed by atoms with Crippen LogP contribution in [0.4, 0.5) is 23.1 Å². The maximum Gasteiger partial charge on any atom is 0.229 e. The van der Waals surface area contributed by atoms with E-state index in [0.717, 1.165) is 28.1 Å². The second kappa shape index (κ2) is 6.48.